The van der Waals surface area contributed by atoms with Gasteiger partial charge in [0.25, 0.3) is 0 Å². The van der Waals surface area contributed by atoms with Crippen LogP contribution in [-0.4, -0.2) is 7.11 Å². The van der Waals surface area contributed by atoms with Gasteiger partial charge >= 0.3 is 0 Å². The van der Waals surface area contributed by atoms with Gasteiger partial charge in [0.1, 0.15) is 5.75 Å². The predicted molar refractivity (Wildman–Crippen MR) is 118 cm³/mol. The van der Waals surface area contributed by atoms with E-state index in [1.54, 1.807) is 7.11 Å². The van der Waals surface area contributed by atoms with Crippen molar-refractivity contribution in [3.63, 3.8) is 0 Å². The van der Waals surface area contributed by atoms with Crippen LogP contribution in [0.3, 0.4) is 0 Å². The highest BCUT2D eigenvalue weighted by molar-refractivity contribution is 7.80. The third-order valence-electron chi connectivity index (χ3n) is 5.50. The fraction of sp³-hybridized carbons (Fsp3) is 0.583. The van der Waals surface area contributed by atoms with Crippen LogP contribution in [0.5, 0.6) is 5.75 Å². The molecule has 0 spiro atoms. The van der Waals surface area contributed by atoms with E-state index in [9.17, 15) is 0 Å². The largest absolute Gasteiger partial charge is 0.495 e. The molecule has 0 aliphatic rings. The number of rotatable bonds is 12. The summed E-state index contributed by atoms with van der Waals surface area (Å²) in [6, 6.07) is 8.60. The van der Waals surface area contributed by atoms with Crippen LogP contribution >= 0.6 is 12.6 Å². The summed E-state index contributed by atoms with van der Waals surface area (Å²) in [6.45, 7) is 4.46. The number of thiol groups is 1. The minimum absolute atomic E-state index is 0.939. The number of hydrogen-bond donors (Lipinski definition) is 1. The smallest absolute Gasteiger partial charge is 0.135 e. The molecule has 0 radical (unpaired) electrons. The third-order valence-corrected chi connectivity index (χ3v) is 5.94. The molecule has 0 aromatic heterocycles. The van der Waals surface area contributed by atoms with E-state index in [2.05, 4.69) is 38.1 Å². The molecule has 0 N–H and O–H groups in total. The summed E-state index contributed by atoms with van der Waals surface area (Å²) in [5, 5.41) is 2.55. The maximum absolute atomic E-state index is 5.65. The average molecular weight is 373 g/mol. The molecule has 0 fully saturated rings. The van der Waals surface area contributed by atoms with Crippen LogP contribution in [0, 0.1) is 6.92 Å². The molecule has 1 nitrogen and oxygen atoms in total. The highest BCUT2D eigenvalue weighted by atomic mass is 32.1. The molecule has 0 unspecified atom stereocenters. The number of hydrogen-bond acceptors (Lipinski definition) is 2. The SMILES string of the molecule is CCCCCCCCCCCCc1c(C)c(OC)c(S)c2ccccc12. The van der Waals surface area contributed by atoms with Gasteiger partial charge in [-0.05, 0) is 41.7 Å². The van der Waals surface area contributed by atoms with Gasteiger partial charge in [-0.15, -0.1) is 12.6 Å². The minimum Gasteiger partial charge on any atom is -0.495 e. The lowest BCUT2D eigenvalue weighted by Gasteiger charge is -2.17. The highest BCUT2D eigenvalue weighted by Gasteiger charge is 2.14. The van der Waals surface area contributed by atoms with E-state index in [1.807, 2.05) is 0 Å². The quantitative estimate of drug-likeness (QED) is 0.294. The van der Waals surface area contributed by atoms with Crippen molar-refractivity contribution in [2.45, 2.75) is 89.4 Å². The van der Waals surface area contributed by atoms with E-state index in [0.29, 0.717) is 0 Å². The Labute approximate surface area is 165 Å². The number of aryl methyl sites for hydroxylation is 1. The molecule has 2 aromatic carbocycles. The molecule has 144 valence electrons. The Bertz CT molecular complexity index is 677. The average Bonchev–Trinajstić information content (AvgIpc) is 2.66. The fourth-order valence-corrected chi connectivity index (χ4v) is 4.41. The second-order valence-electron chi connectivity index (χ2n) is 7.46. The first-order chi connectivity index (χ1) is 12.7. The molecule has 0 amide bonds. The molecule has 2 rings (SSSR count). The fourth-order valence-electron chi connectivity index (χ4n) is 3.95. The van der Waals surface area contributed by atoms with Gasteiger partial charge in [-0.3, -0.25) is 0 Å². The van der Waals surface area contributed by atoms with Crippen molar-refractivity contribution >= 4 is 23.4 Å². The van der Waals surface area contributed by atoms with Crippen LogP contribution in [0.15, 0.2) is 29.2 Å². The van der Waals surface area contributed by atoms with Crippen LogP contribution in [0.4, 0.5) is 0 Å². The van der Waals surface area contributed by atoms with Gasteiger partial charge < -0.3 is 4.74 Å². The van der Waals surface area contributed by atoms with Gasteiger partial charge in [-0.2, -0.15) is 0 Å². The summed E-state index contributed by atoms with van der Waals surface area (Å²) in [6.07, 6.45) is 14.9. The second-order valence-corrected chi connectivity index (χ2v) is 7.91. The van der Waals surface area contributed by atoms with E-state index in [1.165, 1.54) is 86.1 Å². The molecular formula is C24H36OS. The normalized spacial score (nSPS) is 11.2. The molecule has 0 aliphatic heterocycles. The lowest BCUT2D eigenvalue weighted by molar-refractivity contribution is 0.402. The van der Waals surface area contributed by atoms with E-state index < -0.39 is 0 Å². The number of ether oxygens (including phenoxy) is 1. The number of methoxy groups -OCH3 is 1. The van der Waals surface area contributed by atoms with Crippen molar-refractivity contribution in [2.24, 2.45) is 0 Å². The van der Waals surface area contributed by atoms with Gasteiger partial charge in [0.15, 0.2) is 0 Å². The van der Waals surface area contributed by atoms with Crippen LogP contribution in [-0.2, 0) is 6.42 Å². The monoisotopic (exact) mass is 372 g/mol. The standard InChI is InChI=1S/C24H36OS/c1-4-5-6-7-8-9-10-11-12-13-16-20-19(2)23(25-3)24(26)22-18-15-14-17-21(20)22/h14-15,17-18,26H,4-13,16H2,1-3H3. The minimum atomic E-state index is 0.939. The van der Waals surface area contributed by atoms with Crippen molar-refractivity contribution in [3.8, 4) is 5.75 Å². The first-order valence-corrected chi connectivity index (χ1v) is 10.9. The Morgan fingerprint density at radius 2 is 1.35 bits per heavy atom. The molecule has 2 heteroatoms. The van der Waals surface area contributed by atoms with Gasteiger partial charge in [0.2, 0.25) is 0 Å². The van der Waals surface area contributed by atoms with Crippen molar-refractivity contribution < 1.29 is 4.74 Å². The maximum atomic E-state index is 5.65. The Morgan fingerprint density at radius 3 is 1.92 bits per heavy atom. The molecule has 2 aromatic rings. The van der Waals surface area contributed by atoms with Gasteiger partial charge in [0, 0.05) is 0 Å². The van der Waals surface area contributed by atoms with Crippen LogP contribution < -0.4 is 4.74 Å². The molecule has 0 heterocycles. The third kappa shape index (κ3) is 5.67. The van der Waals surface area contributed by atoms with Crippen LogP contribution in [0.2, 0.25) is 0 Å². The second kappa shape index (κ2) is 11.5. The summed E-state index contributed by atoms with van der Waals surface area (Å²) >= 11 is 4.71. The molecule has 0 bridgehead atoms. The lowest BCUT2D eigenvalue weighted by Crippen LogP contribution is -1.98. The zero-order valence-corrected chi connectivity index (χ0v) is 17.8. The Balaban J connectivity index is 1.85. The maximum Gasteiger partial charge on any atom is 0.135 e. The van der Waals surface area contributed by atoms with Crippen molar-refractivity contribution in [1.29, 1.82) is 0 Å². The molecule has 0 saturated carbocycles. The zero-order valence-electron chi connectivity index (χ0n) is 16.9. The van der Waals surface area contributed by atoms with Gasteiger partial charge in [-0.25, -0.2) is 0 Å². The Morgan fingerprint density at radius 1 is 0.808 bits per heavy atom. The lowest BCUT2D eigenvalue weighted by atomic mass is 9.94. The first-order valence-electron chi connectivity index (χ1n) is 10.5. The predicted octanol–water partition coefficient (Wildman–Crippen LogP) is 7.91. The van der Waals surface area contributed by atoms with E-state index in [0.717, 1.165) is 17.1 Å². The van der Waals surface area contributed by atoms with Crippen molar-refractivity contribution in [1.82, 2.24) is 0 Å². The van der Waals surface area contributed by atoms with E-state index in [4.69, 9.17) is 17.4 Å². The van der Waals surface area contributed by atoms with E-state index in [-0.39, 0.29) is 0 Å². The number of unbranched alkanes of at least 4 members (excludes halogenated alkanes) is 9. The number of benzene rings is 2. The van der Waals surface area contributed by atoms with Crippen molar-refractivity contribution in [3.05, 3.63) is 35.4 Å². The van der Waals surface area contributed by atoms with Gasteiger partial charge in [-0.1, -0.05) is 89.0 Å². The summed E-state index contributed by atoms with van der Waals surface area (Å²) in [4.78, 5) is 0.965. The summed E-state index contributed by atoms with van der Waals surface area (Å²) in [7, 11) is 1.75. The Hall–Kier alpha value is -1.15. The molecule has 26 heavy (non-hydrogen) atoms. The van der Waals surface area contributed by atoms with Crippen LogP contribution in [0.1, 0.15) is 82.3 Å². The molecule has 0 saturated heterocycles. The topological polar surface area (TPSA) is 9.23 Å². The van der Waals surface area contributed by atoms with E-state index >= 15 is 0 Å². The van der Waals surface area contributed by atoms with Gasteiger partial charge in [0.05, 0.1) is 12.0 Å². The van der Waals surface area contributed by atoms with Crippen molar-refractivity contribution in [2.75, 3.05) is 7.11 Å². The molecule has 0 atom stereocenters. The number of fused-ring (bicyclic) bond motifs is 1. The zero-order chi connectivity index (χ0) is 18.8. The van der Waals surface area contributed by atoms with Crippen LogP contribution in [0.25, 0.3) is 10.8 Å². The first kappa shape index (κ1) is 21.2. The molecular weight excluding hydrogens is 336 g/mol. The Kier molecular flexibility index (Phi) is 9.39. The summed E-state index contributed by atoms with van der Waals surface area (Å²) < 4.78 is 5.65. The summed E-state index contributed by atoms with van der Waals surface area (Å²) in [5.41, 5.74) is 2.70. The summed E-state index contributed by atoms with van der Waals surface area (Å²) in [5.74, 6) is 0.939. The molecule has 0 aliphatic carbocycles. The highest BCUT2D eigenvalue weighted by Crippen LogP contribution is 2.38.